The predicted molar refractivity (Wildman–Crippen MR) is 153 cm³/mol. The molecule has 1 amide bonds. The van der Waals surface area contributed by atoms with Crippen LogP contribution in [0, 0.1) is 0 Å². The maximum absolute atomic E-state index is 12.5. The SMILES string of the molecule is CCCCCCC/C=C/c1cnc(Cl)c2c(Br)nc([C@@H]3CCC[C@@H](NC(=O)OCc4ccccc4)C3)n12. The van der Waals surface area contributed by atoms with E-state index in [1.54, 1.807) is 0 Å². The monoisotopic (exact) mass is 586 g/mol. The molecule has 1 N–H and O–H groups in total. The van der Waals surface area contributed by atoms with Gasteiger partial charge in [0.25, 0.3) is 0 Å². The van der Waals surface area contributed by atoms with Crippen molar-refractivity contribution in [3.8, 4) is 0 Å². The highest BCUT2D eigenvalue weighted by Gasteiger charge is 2.29. The van der Waals surface area contributed by atoms with Crippen LogP contribution < -0.4 is 5.32 Å². The molecule has 2 heterocycles. The molecular weight excluding hydrogens is 552 g/mol. The van der Waals surface area contributed by atoms with Gasteiger partial charge in [-0.25, -0.2) is 14.8 Å². The molecule has 1 aliphatic rings. The molecule has 2 aromatic heterocycles. The minimum Gasteiger partial charge on any atom is -0.445 e. The number of carbonyl (C=O) groups excluding carboxylic acids is 1. The Morgan fingerprint density at radius 1 is 1.22 bits per heavy atom. The Bertz CT molecular complexity index is 1200. The zero-order valence-corrected chi connectivity index (χ0v) is 23.8. The molecule has 198 valence electrons. The lowest BCUT2D eigenvalue weighted by atomic mass is 9.85. The fraction of sp³-hybridized carbons (Fsp3) is 0.483. The summed E-state index contributed by atoms with van der Waals surface area (Å²) in [4.78, 5) is 21.8. The third kappa shape index (κ3) is 7.57. The first-order valence-electron chi connectivity index (χ1n) is 13.4. The lowest BCUT2D eigenvalue weighted by molar-refractivity contribution is 0.132. The van der Waals surface area contributed by atoms with Gasteiger partial charge < -0.3 is 10.1 Å². The number of fused-ring (bicyclic) bond motifs is 1. The van der Waals surface area contributed by atoms with E-state index in [9.17, 15) is 4.79 Å². The van der Waals surface area contributed by atoms with Gasteiger partial charge in [0.2, 0.25) is 0 Å². The summed E-state index contributed by atoms with van der Waals surface area (Å²) < 4.78 is 8.29. The van der Waals surface area contributed by atoms with Crippen LogP contribution in [0.1, 0.15) is 94.1 Å². The minimum absolute atomic E-state index is 0.0348. The van der Waals surface area contributed by atoms with Gasteiger partial charge >= 0.3 is 6.09 Å². The number of alkyl carbamates (subject to hydrolysis) is 1. The molecule has 0 bridgehead atoms. The molecule has 4 rings (SSSR count). The zero-order valence-electron chi connectivity index (χ0n) is 21.5. The number of carbonyl (C=O) groups is 1. The normalized spacial score (nSPS) is 17.9. The van der Waals surface area contributed by atoms with Crippen molar-refractivity contribution in [3.05, 3.63) is 69.4 Å². The molecule has 0 spiro atoms. The standard InChI is InChI=1S/C29H36BrClN4O2/c1-2-3-4-5-6-7-11-17-24-19-32-27(31)25-26(30)34-28(35(24)25)22-15-12-16-23(18-22)33-29(36)37-20-21-13-9-8-10-14-21/h8-11,13-14,17,19,22-23H,2-7,12,15-16,18,20H2,1H3,(H,33,36)/b17-11+/t22-,23-/m1/s1. The molecule has 0 unspecified atom stereocenters. The largest absolute Gasteiger partial charge is 0.445 e. The first-order chi connectivity index (χ1) is 18.1. The van der Waals surface area contributed by atoms with Gasteiger partial charge in [0.15, 0.2) is 5.15 Å². The summed E-state index contributed by atoms with van der Waals surface area (Å²) in [5.41, 5.74) is 2.73. The van der Waals surface area contributed by atoms with Crippen molar-refractivity contribution in [1.29, 1.82) is 0 Å². The van der Waals surface area contributed by atoms with Crippen LogP contribution in [0.3, 0.4) is 0 Å². The second kappa shape index (κ2) is 14.0. The van der Waals surface area contributed by atoms with Crippen molar-refractivity contribution in [3.63, 3.8) is 0 Å². The molecule has 6 nitrogen and oxygen atoms in total. The van der Waals surface area contributed by atoms with Crippen molar-refractivity contribution < 1.29 is 9.53 Å². The Morgan fingerprint density at radius 3 is 2.84 bits per heavy atom. The summed E-state index contributed by atoms with van der Waals surface area (Å²) in [5, 5.41) is 3.50. The second-order valence-corrected chi connectivity index (χ2v) is 10.9. The highest BCUT2D eigenvalue weighted by atomic mass is 79.9. The first-order valence-corrected chi connectivity index (χ1v) is 14.6. The number of allylic oxidation sites excluding steroid dienone is 1. The van der Waals surface area contributed by atoms with E-state index in [1.165, 1.54) is 32.1 Å². The number of hydrogen-bond donors (Lipinski definition) is 1. The summed E-state index contributed by atoms with van der Waals surface area (Å²) >= 11 is 10.1. The van der Waals surface area contributed by atoms with E-state index in [0.717, 1.165) is 54.7 Å². The highest BCUT2D eigenvalue weighted by molar-refractivity contribution is 9.10. The maximum Gasteiger partial charge on any atom is 0.407 e. The predicted octanol–water partition coefficient (Wildman–Crippen LogP) is 8.47. The van der Waals surface area contributed by atoms with Gasteiger partial charge in [0.1, 0.15) is 22.6 Å². The van der Waals surface area contributed by atoms with E-state index in [4.69, 9.17) is 21.3 Å². The topological polar surface area (TPSA) is 68.5 Å². The van der Waals surface area contributed by atoms with Crippen molar-refractivity contribution in [2.24, 2.45) is 0 Å². The molecule has 1 saturated carbocycles. The van der Waals surface area contributed by atoms with E-state index in [0.29, 0.717) is 9.76 Å². The maximum atomic E-state index is 12.5. The van der Waals surface area contributed by atoms with Crippen molar-refractivity contribution in [1.82, 2.24) is 19.7 Å². The molecule has 1 aliphatic carbocycles. The Labute approximate surface area is 233 Å². The van der Waals surface area contributed by atoms with E-state index in [1.807, 2.05) is 36.5 Å². The first kappa shape index (κ1) is 27.6. The number of nitrogens with one attached hydrogen (secondary N) is 1. The number of ether oxygens (including phenoxy) is 1. The molecule has 1 aromatic carbocycles. The van der Waals surface area contributed by atoms with Crippen LogP contribution in [-0.4, -0.2) is 26.5 Å². The molecule has 2 atom stereocenters. The summed E-state index contributed by atoms with van der Waals surface area (Å²) in [6.45, 7) is 2.50. The summed E-state index contributed by atoms with van der Waals surface area (Å²) in [5.74, 6) is 1.14. The van der Waals surface area contributed by atoms with E-state index >= 15 is 0 Å². The van der Waals surface area contributed by atoms with Gasteiger partial charge in [-0.15, -0.1) is 0 Å². The highest BCUT2D eigenvalue weighted by Crippen LogP contribution is 2.36. The quantitative estimate of drug-likeness (QED) is 0.228. The number of imidazole rings is 1. The van der Waals surface area contributed by atoms with E-state index < -0.39 is 0 Å². The van der Waals surface area contributed by atoms with E-state index in [2.05, 4.69) is 49.7 Å². The van der Waals surface area contributed by atoms with Crippen molar-refractivity contribution in [2.45, 2.75) is 89.7 Å². The van der Waals surface area contributed by atoms with Gasteiger partial charge in [0, 0.05) is 12.0 Å². The average Bonchev–Trinajstić information content (AvgIpc) is 3.27. The Balaban J connectivity index is 1.44. The van der Waals surface area contributed by atoms with Gasteiger partial charge in [-0.2, -0.15) is 0 Å². The molecule has 0 saturated heterocycles. The molecule has 37 heavy (non-hydrogen) atoms. The fourth-order valence-corrected chi connectivity index (χ4v) is 5.92. The lowest BCUT2D eigenvalue weighted by Crippen LogP contribution is -2.38. The minimum atomic E-state index is -0.376. The number of unbranched alkanes of at least 4 members (excludes halogenated alkanes) is 5. The fourth-order valence-electron chi connectivity index (χ4n) is 5.04. The molecule has 3 aromatic rings. The van der Waals surface area contributed by atoms with Crippen LogP contribution in [0.5, 0.6) is 0 Å². The van der Waals surface area contributed by atoms with E-state index in [-0.39, 0.29) is 24.7 Å². The molecule has 8 heteroatoms. The van der Waals surface area contributed by atoms with Gasteiger partial charge in [-0.05, 0) is 59.7 Å². The third-order valence-corrected chi connectivity index (χ3v) is 7.79. The molecule has 1 fully saturated rings. The average molecular weight is 588 g/mol. The number of rotatable bonds is 11. The van der Waals surface area contributed by atoms with Crippen LogP contribution in [0.4, 0.5) is 4.79 Å². The van der Waals surface area contributed by atoms with Crippen LogP contribution in [0.15, 0.2) is 47.2 Å². The zero-order chi connectivity index (χ0) is 26.0. The number of benzene rings is 1. The Kier molecular flexibility index (Phi) is 10.4. The Morgan fingerprint density at radius 2 is 2.03 bits per heavy atom. The third-order valence-electron chi connectivity index (χ3n) is 6.96. The summed E-state index contributed by atoms with van der Waals surface area (Å²) in [6, 6.07) is 9.76. The lowest BCUT2D eigenvalue weighted by Gasteiger charge is -2.29. The van der Waals surface area contributed by atoms with Gasteiger partial charge in [-0.1, -0.05) is 87.0 Å². The smallest absolute Gasteiger partial charge is 0.407 e. The number of amides is 1. The second-order valence-electron chi connectivity index (χ2n) is 9.79. The van der Waals surface area contributed by atoms with Gasteiger partial charge in [0.05, 0.1) is 11.9 Å². The number of halogens is 2. The van der Waals surface area contributed by atoms with Crippen molar-refractivity contribution in [2.75, 3.05) is 0 Å². The van der Waals surface area contributed by atoms with Crippen molar-refractivity contribution >= 4 is 45.2 Å². The number of hydrogen-bond acceptors (Lipinski definition) is 4. The summed E-state index contributed by atoms with van der Waals surface area (Å²) in [7, 11) is 0. The van der Waals surface area contributed by atoms with Crippen LogP contribution in [-0.2, 0) is 11.3 Å². The van der Waals surface area contributed by atoms with Gasteiger partial charge in [-0.3, -0.25) is 4.40 Å². The van der Waals surface area contributed by atoms with Crippen LogP contribution >= 0.6 is 27.5 Å². The number of aromatic nitrogens is 3. The molecule has 0 radical (unpaired) electrons. The van der Waals surface area contributed by atoms with Crippen LogP contribution in [0.2, 0.25) is 5.15 Å². The van der Waals surface area contributed by atoms with Crippen LogP contribution in [0.25, 0.3) is 11.6 Å². The number of nitrogens with zero attached hydrogens (tertiary/aromatic N) is 3. The Hall–Kier alpha value is -2.38. The molecule has 0 aliphatic heterocycles. The summed E-state index contributed by atoms with van der Waals surface area (Å²) in [6.07, 6.45) is 16.9. The molecular formula is C29H36BrClN4O2.